The van der Waals surface area contributed by atoms with E-state index in [4.69, 9.17) is 10.5 Å². The highest BCUT2D eigenvalue weighted by atomic mass is 32.1. The van der Waals surface area contributed by atoms with Crippen molar-refractivity contribution in [3.8, 4) is 5.75 Å². The molecule has 1 aromatic carbocycles. The van der Waals surface area contributed by atoms with Crippen molar-refractivity contribution in [2.75, 3.05) is 12.8 Å². The number of hydrogen-bond acceptors (Lipinski definition) is 4. The first-order valence-corrected chi connectivity index (χ1v) is 6.03. The van der Waals surface area contributed by atoms with E-state index >= 15 is 0 Å². The van der Waals surface area contributed by atoms with Crippen molar-refractivity contribution >= 4 is 16.5 Å². The third-order valence-electron chi connectivity index (χ3n) is 2.45. The maximum absolute atomic E-state index is 13.1. The Balaban J connectivity index is 2.10. The van der Waals surface area contributed by atoms with Gasteiger partial charge in [0.2, 0.25) is 0 Å². The highest BCUT2D eigenvalue weighted by molar-refractivity contribution is 7.15. The van der Waals surface area contributed by atoms with Crippen LogP contribution < -0.4 is 10.5 Å². The van der Waals surface area contributed by atoms with Crippen molar-refractivity contribution in [3.05, 3.63) is 40.7 Å². The van der Waals surface area contributed by atoms with Crippen molar-refractivity contribution in [2.24, 2.45) is 0 Å². The topological polar surface area (TPSA) is 48.1 Å². The number of hydrogen-bond donors (Lipinski definition) is 1. The number of nitrogen functional groups attached to an aromatic ring is 1. The minimum absolute atomic E-state index is 0.246. The third-order valence-corrected chi connectivity index (χ3v) is 3.34. The van der Waals surface area contributed by atoms with Gasteiger partial charge in [0, 0.05) is 11.1 Å². The van der Waals surface area contributed by atoms with Crippen molar-refractivity contribution in [3.63, 3.8) is 0 Å². The van der Waals surface area contributed by atoms with Crippen LogP contribution in [-0.2, 0) is 12.8 Å². The summed E-state index contributed by atoms with van der Waals surface area (Å²) in [6, 6.07) is 4.54. The molecule has 17 heavy (non-hydrogen) atoms. The summed E-state index contributed by atoms with van der Waals surface area (Å²) in [6.07, 6.45) is 3.25. The molecule has 2 N–H and O–H groups in total. The quantitative estimate of drug-likeness (QED) is 0.910. The molecule has 0 radical (unpaired) electrons. The van der Waals surface area contributed by atoms with E-state index < -0.39 is 0 Å². The monoisotopic (exact) mass is 252 g/mol. The van der Waals surface area contributed by atoms with Crippen LogP contribution in [0.2, 0.25) is 0 Å². The molecule has 0 aliphatic carbocycles. The summed E-state index contributed by atoms with van der Waals surface area (Å²) in [5, 5.41) is 0.561. The lowest BCUT2D eigenvalue weighted by atomic mass is 10.1. The second kappa shape index (κ2) is 5.14. The number of rotatable bonds is 4. The fourth-order valence-corrected chi connectivity index (χ4v) is 2.32. The van der Waals surface area contributed by atoms with E-state index in [0.29, 0.717) is 17.3 Å². The van der Waals surface area contributed by atoms with E-state index in [0.717, 1.165) is 16.9 Å². The van der Waals surface area contributed by atoms with Crippen LogP contribution in [0.5, 0.6) is 5.75 Å². The first kappa shape index (κ1) is 11.9. The van der Waals surface area contributed by atoms with Crippen LogP contribution in [0.25, 0.3) is 0 Å². The first-order valence-electron chi connectivity index (χ1n) is 5.21. The molecule has 0 amide bonds. The number of benzene rings is 1. The molecular weight excluding hydrogens is 239 g/mol. The Morgan fingerprint density at radius 3 is 2.88 bits per heavy atom. The highest BCUT2D eigenvalue weighted by Crippen LogP contribution is 2.23. The van der Waals surface area contributed by atoms with E-state index in [9.17, 15) is 4.39 Å². The van der Waals surface area contributed by atoms with Gasteiger partial charge in [-0.1, -0.05) is 0 Å². The molecular formula is C12H13FN2OS. The molecule has 0 spiro atoms. The van der Waals surface area contributed by atoms with Gasteiger partial charge in [-0.15, -0.1) is 11.3 Å². The number of anilines is 1. The molecule has 0 unspecified atom stereocenters. The fourth-order valence-electron chi connectivity index (χ4n) is 1.64. The molecule has 2 aromatic rings. The first-order chi connectivity index (χ1) is 8.19. The van der Waals surface area contributed by atoms with Crippen LogP contribution in [0.3, 0.4) is 0 Å². The van der Waals surface area contributed by atoms with Crippen molar-refractivity contribution in [2.45, 2.75) is 12.8 Å². The lowest BCUT2D eigenvalue weighted by Crippen LogP contribution is -1.95. The highest BCUT2D eigenvalue weighted by Gasteiger charge is 2.06. The molecule has 2 rings (SSSR count). The van der Waals surface area contributed by atoms with Gasteiger partial charge in [0.1, 0.15) is 11.6 Å². The number of thiazole rings is 1. The predicted octanol–water partition coefficient (Wildman–Crippen LogP) is 2.66. The van der Waals surface area contributed by atoms with Gasteiger partial charge < -0.3 is 10.5 Å². The normalized spacial score (nSPS) is 10.5. The molecule has 0 aliphatic heterocycles. The molecule has 0 atom stereocenters. The van der Waals surface area contributed by atoms with E-state index in [-0.39, 0.29) is 5.82 Å². The van der Waals surface area contributed by atoms with Gasteiger partial charge in [0.05, 0.1) is 7.11 Å². The van der Waals surface area contributed by atoms with E-state index in [1.54, 1.807) is 19.4 Å². The molecule has 0 bridgehead atoms. The zero-order chi connectivity index (χ0) is 12.3. The molecule has 90 valence electrons. The lowest BCUT2D eigenvalue weighted by Gasteiger charge is -2.07. The number of aromatic nitrogens is 1. The molecule has 0 saturated carbocycles. The van der Waals surface area contributed by atoms with Gasteiger partial charge in [-0.3, -0.25) is 0 Å². The minimum atomic E-state index is -0.246. The summed E-state index contributed by atoms with van der Waals surface area (Å²) in [6.45, 7) is 0. The van der Waals surface area contributed by atoms with Crippen LogP contribution in [0, 0.1) is 5.82 Å². The van der Waals surface area contributed by atoms with Crippen LogP contribution >= 0.6 is 11.3 Å². The van der Waals surface area contributed by atoms with Crippen LogP contribution in [0.15, 0.2) is 24.4 Å². The summed E-state index contributed by atoms with van der Waals surface area (Å²) in [5.41, 5.74) is 6.41. The lowest BCUT2D eigenvalue weighted by molar-refractivity contribution is 0.408. The zero-order valence-electron chi connectivity index (χ0n) is 9.44. The van der Waals surface area contributed by atoms with Gasteiger partial charge in [-0.25, -0.2) is 9.37 Å². The smallest absolute Gasteiger partial charge is 0.180 e. The Morgan fingerprint density at radius 2 is 2.24 bits per heavy atom. The molecule has 1 aromatic heterocycles. The van der Waals surface area contributed by atoms with Gasteiger partial charge >= 0.3 is 0 Å². The number of nitrogens with two attached hydrogens (primary N) is 1. The van der Waals surface area contributed by atoms with Crippen LogP contribution in [0.1, 0.15) is 10.4 Å². The Labute approximate surface area is 103 Å². The standard InChI is InChI=1S/C12H13FN2OS/c1-16-11-5-3-9(13)6-8(11)2-4-10-7-15-12(14)17-10/h3,5-7H,2,4H2,1H3,(H2,14,15). The number of methoxy groups -OCH3 is 1. The largest absolute Gasteiger partial charge is 0.496 e. The molecule has 3 nitrogen and oxygen atoms in total. The zero-order valence-corrected chi connectivity index (χ0v) is 10.3. The summed E-state index contributed by atoms with van der Waals surface area (Å²) >= 11 is 1.46. The van der Waals surface area contributed by atoms with Gasteiger partial charge in [-0.2, -0.15) is 0 Å². The maximum atomic E-state index is 13.1. The number of halogens is 1. The Hall–Kier alpha value is -1.62. The molecule has 0 fully saturated rings. The van der Waals surface area contributed by atoms with Crippen molar-refractivity contribution in [1.82, 2.24) is 4.98 Å². The van der Waals surface area contributed by atoms with Crippen LogP contribution in [0.4, 0.5) is 9.52 Å². The van der Waals surface area contributed by atoms with Crippen molar-refractivity contribution in [1.29, 1.82) is 0 Å². The average molecular weight is 252 g/mol. The number of ether oxygens (including phenoxy) is 1. The summed E-state index contributed by atoms with van der Waals surface area (Å²) in [4.78, 5) is 5.07. The minimum Gasteiger partial charge on any atom is -0.496 e. The molecule has 1 heterocycles. The molecule has 0 saturated heterocycles. The Kier molecular flexibility index (Phi) is 3.58. The van der Waals surface area contributed by atoms with Gasteiger partial charge in [0.15, 0.2) is 5.13 Å². The average Bonchev–Trinajstić information content (AvgIpc) is 2.73. The van der Waals surface area contributed by atoms with E-state index in [1.807, 2.05) is 0 Å². The summed E-state index contributed by atoms with van der Waals surface area (Å²) < 4.78 is 18.3. The molecule has 5 heteroatoms. The second-order valence-corrected chi connectivity index (χ2v) is 4.77. The SMILES string of the molecule is COc1ccc(F)cc1CCc1cnc(N)s1. The number of nitrogens with zero attached hydrogens (tertiary/aromatic N) is 1. The molecule has 0 aliphatic rings. The van der Waals surface area contributed by atoms with Gasteiger partial charge in [0.25, 0.3) is 0 Å². The van der Waals surface area contributed by atoms with Gasteiger partial charge in [-0.05, 0) is 36.6 Å². The van der Waals surface area contributed by atoms with Crippen LogP contribution in [-0.4, -0.2) is 12.1 Å². The van der Waals surface area contributed by atoms with Crippen molar-refractivity contribution < 1.29 is 9.13 Å². The summed E-state index contributed by atoms with van der Waals surface area (Å²) in [7, 11) is 1.58. The van der Waals surface area contributed by atoms with E-state index in [2.05, 4.69) is 4.98 Å². The number of aryl methyl sites for hydroxylation is 2. The van der Waals surface area contributed by atoms with E-state index in [1.165, 1.54) is 23.5 Å². The summed E-state index contributed by atoms with van der Waals surface area (Å²) in [5.74, 6) is 0.466. The third kappa shape index (κ3) is 2.94. The maximum Gasteiger partial charge on any atom is 0.180 e. The fraction of sp³-hybridized carbons (Fsp3) is 0.250. The Bertz CT molecular complexity index is 513. The predicted molar refractivity (Wildman–Crippen MR) is 66.9 cm³/mol. The second-order valence-electron chi connectivity index (χ2n) is 3.62. The Morgan fingerprint density at radius 1 is 1.41 bits per heavy atom.